The predicted molar refractivity (Wildman–Crippen MR) is 194 cm³/mol. The number of amidine groups is 1. The molecule has 0 saturated heterocycles. The van der Waals surface area contributed by atoms with Crippen LogP contribution in [0.5, 0.6) is 0 Å². The van der Waals surface area contributed by atoms with Crippen molar-refractivity contribution in [3.05, 3.63) is 0 Å². The summed E-state index contributed by atoms with van der Waals surface area (Å²) >= 11 is 0. The smallest absolute Gasteiger partial charge is 0.550 e. The van der Waals surface area contributed by atoms with Gasteiger partial charge in [0.1, 0.15) is 11.2 Å². The molecule has 2 aliphatic carbocycles. The van der Waals surface area contributed by atoms with Crippen molar-refractivity contribution in [2.75, 3.05) is 12.8 Å². The fourth-order valence-electron chi connectivity index (χ4n) is 6.45. The predicted octanol–water partition coefficient (Wildman–Crippen LogP) is 2.29. The van der Waals surface area contributed by atoms with Gasteiger partial charge in [-0.05, 0) is 66.2 Å². The van der Waals surface area contributed by atoms with Gasteiger partial charge in [-0.2, -0.15) is 0 Å². The summed E-state index contributed by atoms with van der Waals surface area (Å²) in [4.78, 5) is 52.5. The van der Waals surface area contributed by atoms with Gasteiger partial charge in [-0.15, -0.1) is 0 Å². The zero-order valence-corrected chi connectivity index (χ0v) is 36.1. The molecule has 0 heterocycles. The average molecular weight is 768 g/mol. The van der Waals surface area contributed by atoms with E-state index in [1.165, 1.54) is 64.2 Å². The van der Waals surface area contributed by atoms with Crippen molar-refractivity contribution in [1.82, 2.24) is 4.72 Å². The number of nitrogens with one attached hydrogen (secondary N) is 1. The number of hydrogen-bond donors (Lipinski definition) is 2. The molecule has 0 aliphatic heterocycles. The van der Waals surface area contributed by atoms with Crippen LogP contribution in [0.15, 0.2) is 5.16 Å². The van der Waals surface area contributed by atoms with E-state index in [-0.39, 0.29) is 54.8 Å². The Labute approximate surface area is 335 Å². The average Bonchev–Trinajstić information content (AvgIpc) is 3.01. The first-order chi connectivity index (χ1) is 23.6. The molecule has 15 heteroatoms. The van der Waals surface area contributed by atoms with Crippen molar-refractivity contribution >= 4 is 39.7 Å². The second kappa shape index (κ2) is 25.4. The van der Waals surface area contributed by atoms with Crippen molar-refractivity contribution in [2.24, 2.45) is 34.6 Å². The minimum absolute atomic E-state index is 0. The molecule has 13 nitrogen and oxygen atoms in total. The number of esters is 2. The molecule has 3 N–H and O–H groups in total. The molecule has 2 fully saturated rings. The Kier molecular flexibility index (Phi) is 24.5. The maximum Gasteiger partial charge on any atom is 1.00 e. The third-order valence-corrected chi connectivity index (χ3v) is 9.55. The number of ether oxygens (including phenoxy) is 2. The molecular formula is C37H66N3NaO10S. The molecule has 52 heavy (non-hydrogen) atoms. The first kappa shape index (κ1) is 50.3. The van der Waals surface area contributed by atoms with Crippen molar-refractivity contribution in [3.8, 4) is 0 Å². The largest absolute Gasteiger partial charge is 1.00 e. The van der Waals surface area contributed by atoms with E-state index < -0.39 is 56.9 Å². The van der Waals surface area contributed by atoms with Crippen LogP contribution in [0.3, 0.4) is 0 Å². The first-order valence-electron chi connectivity index (χ1n) is 18.8. The molecule has 0 aromatic rings. The van der Waals surface area contributed by atoms with Gasteiger partial charge >= 0.3 is 47.5 Å². The third kappa shape index (κ3) is 26.9. The van der Waals surface area contributed by atoms with Crippen molar-refractivity contribution < 1.29 is 76.6 Å². The second-order valence-corrected chi connectivity index (χ2v) is 18.1. The van der Waals surface area contributed by atoms with Gasteiger partial charge in [-0.3, -0.25) is 9.59 Å². The summed E-state index contributed by atoms with van der Waals surface area (Å²) in [6.45, 7) is 10.4. The topological polar surface area (TPSA) is 204 Å². The third-order valence-electron chi connectivity index (χ3n) is 8.88. The number of nitrogens with zero attached hydrogens (tertiary/aromatic N) is 1. The van der Waals surface area contributed by atoms with Gasteiger partial charge in [0.25, 0.3) is 0 Å². The molecule has 0 aromatic carbocycles. The number of oxime groups is 1. The number of carbonyl (C=O) groups excluding carboxylic acids is 4. The van der Waals surface area contributed by atoms with Gasteiger partial charge in [0.15, 0.2) is 5.84 Å². The Hall–Kier alpha value is -1.74. The Bertz CT molecular complexity index is 1220. The Balaban J connectivity index is 0.00000104. The minimum Gasteiger partial charge on any atom is -0.550 e. The number of rotatable bonds is 18. The van der Waals surface area contributed by atoms with Crippen molar-refractivity contribution in [2.45, 2.75) is 168 Å². The molecule has 0 spiro atoms. The van der Waals surface area contributed by atoms with Crippen LogP contribution in [0.2, 0.25) is 0 Å². The van der Waals surface area contributed by atoms with Crippen LogP contribution in [0.1, 0.15) is 157 Å². The summed E-state index contributed by atoms with van der Waals surface area (Å²) in [5.41, 5.74) is 4.35. The van der Waals surface area contributed by atoms with Crippen LogP contribution < -0.4 is 45.1 Å². The number of hydrogen-bond acceptors (Lipinski definition) is 11. The van der Waals surface area contributed by atoms with E-state index in [0.29, 0.717) is 18.8 Å². The fourth-order valence-corrected chi connectivity index (χ4v) is 6.86. The van der Waals surface area contributed by atoms with E-state index in [4.69, 9.17) is 20.0 Å². The first-order valence-corrected chi connectivity index (χ1v) is 20.6. The van der Waals surface area contributed by atoms with Gasteiger partial charge in [0.05, 0.1) is 31.6 Å². The quantitative estimate of drug-likeness (QED) is 0.0517. The van der Waals surface area contributed by atoms with Crippen LogP contribution in [-0.4, -0.2) is 62.1 Å². The van der Waals surface area contributed by atoms with E-state index in [0.717, 1.165) is 37.9 Å². The molecule has 2 aliphatic rings. The summed E-state index contributed by atoms with van der Waals surface area (Å²) in [5, 5.41) is 14.7. The molecule has 0 unspecified atom stereocenters. The van der Waals surface area contributed by atoms with Crippen LogP contribution in [-0.2, 0) is 43.5 Å². The van der Waals surface area contributed by atoms with Crippen LogP contribution >= 0.6 is 0 Å². The van der Waals surface area contributed by atoms with Gasteiger partial charge in [-0.25, -0.2) is 17.9 Å². The molecule has 2 saturated carbocycles. The van der Waals surface area contributed by atoms with E-state index in [9.17, 15) is 32.7 Å². The molecular weight excluding hydrogens is 701 g/mol. The van der Waals surface area contributed by atoms with Crippen LogP contribution in [0.25, 0.3) is 0 Å². The van der Waals surface area contributed by atoms with Gasteiger partial charge < -0.3 is 29.9 Å². The molecule has 2 atom stereocenters. The van der Waals surface area contributed by atoms with Crippen molar-refractivity contribution in [1.29, 1.82) is 0 Å². The van der Waals surface area contributed by atoms with Gasteiger partial charge in [0, 0.05) is 11.9 Å². The second-order valence-electron chi connectivity index (χ2n) is 16.3. The summed E-state index contributed by atoms with van der Waals surface area (Å²) in [5.74, 6) is -2.92. The van der Waals surface area contributed by atoms with E-state index >= 15 is 0 Å². The fraction of sp³-hybridized carbons (Fsp3) is 0.865. The SMILES string of the molecule is CC(C)(C)OC(=O)C[C@@H](CCCC1CCCCC1)C(=O)O/N=C(\N)CNS(C)(=O)=O.CC(C)(C)OC(=O)C[C@@H](CCCC1CCCCC1)C(=O)[O-].[Na+]. The van der Waals surface area contributed by atoms with Gasteiger partial charge in [-0.1, -0.05) is 95.0 Å². The van der Waals surface area contributed by atoms with E-state index in [2.05, 4.69) is 9.88 Å². The monoisotopic (exact) mass is 767 g/mol. The Morgan fingerprint density at radius 2 is 1.17 bits per heavy atom. The van der Waals surface area contributed by atoms with Crippen LogP contribution in [0.4, 0.5) is 0 Å². The van der Waals surface area contributed by atoms with Crippen molar-refractivity contribution in [3.63, 3.8) is 0 Å². The summed E-state index contributed by atoms with van der Waals surface area (Å²) < 4.78 is 34.8. The number of carboxylic acids is 1. The van der Waals surface area contributed by atoms with Gasteiger partial charge in [0.2, 0.25) is 10.0 Å². The molecule has 0 radical (unpaired) electrons. The molecule has 0 bridgehead atoms. The molecule has 0 amide bonds. The summed E-state index contributed by atoms with van der Waals surface area (Å²) in [6.07, 6.45) is 18.2. The summed E-state index contributed by atoms with van der Waals surface area (Å²) in [6, 6.07) is 0. The zero-order valence-electron chi connectivity index (χ0n) is 33.3. The number of carboxylic acid groups (broad SMARTS) is 1. The normalized spacial score (nSPS) is 17.4. The summed E-state index contributed by atoms with van der Waals surface area (Å²) in [7, 11) is -3.44. The maximum absolute atomic E-state index is 12.5. The molecule has 2 rings (SSSR count). The minimum atomic E-state index is -3.44. The molecule has 0 aromatic heterocycles. The number of nitrogens with two attached hydrogens (primary N) is 1. The number of carbonyl (C=O) groups is 4. The molecule has 296 valence electrons. The van der Waals surface area contributed by atoms with E-state index in [1.54, 1.807) is 41.5 Å². The number of sulfonamides is 1. The Morgan fingerprint density at radius 1 is 0.769 bits per heavy atom. The zero-order chi connectivity index (χ0) is 38.7. The maximum atomic E-state index is 12.5. The van der Waals surface area contributed by atoms with Crippen LogP contribution in [0, 0.1) is 23.7 Å². The van der Waals surface area contributed by atoms with E-state index in [1.807, 2.05) is 0 Å². The Morgan fingerprint density at radius 3 is 1.56 bits per heavy atom. The standard InChI is InChI=1S/C20H37N3O6S.C17H30O4.Na/c1-20(2,3)28-18(24)13-16(12-8-11-15-9-6-5-7-10-15)19(25)29-23-17(21)14-22-30(4,26)27;1-17(2,3)21-15(18)12-14(16(19)20)11-7-10-13-8-5-4-6-9-13;/h15-16,22H,5-14H2,1-4H3,(H2,21,23);13-14H,4-12H2,1-3H3,(H,19,20);/q;;+1/p-1/t16-;14-;/m11./s1. The number of aliphatic carboxylic acids is 1.